The topological polar surface area (TPSA) is 85.1 Å². The largest absolute Gasteiger partial charge is 0.577 e. The zero-order valence-corrected chi connectivity index (χ0v) is 12.4. The average molecular weight is 306 g/mol. The summed E-state index contributed by atoms with van der Waals surface area (Å²) < 4.78 is 32.7. The zero-order chi connectivity index (χ0) is 15.1. The fourth-order valence-electron chi connectivity index (χ4n) is 1.76. The summed E-state index contributed by atoms with van der Waals surface area (Å²) in [6, 6.07) is 16.5. The van der Waals surface area contributed by atoms with E-state index in [0.717, 1.165) is 5.56 Å². The summed E-state index contributed by atoms with van der Waals surface area (Å²) in [5.74, 6) is 0.534. The van der Waals surface area contributed by atoms with Gasteiger partial charge in [0.2, 0.25) is 0 Å². The number of benzene rings is 2. The summed E-state index contributed by atoms with van der Waals surface area (Å²) in [6.07, 6.45) is 0. The second-order valence-electron chi connectivity index (χ2n) is 4.50. The highest BCUT2D eigenvalue weighted by Crippen LogP contribution is 2.27. The van der Waals surface area contributed by atoms with Crippen molar-refractivity contribution in [2.24, 2.45) is 0 Å². The lowest BCUT2D eigenvalue weighted by Crippen LogP contribution is -2.52. The van der Waals surface area contributed by atoms with Gasteiger partial charge in [-0.05, 0) is 17.7 Å². The molecular weight excluding hydrogens is 288 g/mol. The number of rotatable bonds is 7. The molecule has 21 heavy (non-hydrogen) atoms. The van der Waals surface area contributed by atoms with E-state index >= 15 is 0 Å². The van der Waals surface area contributed by atoms with Crippen LogP contribution in [-0.4, -0.2) is 20.7 Å². The highest BCUT2D eigenvalue weighted by molar-refractivity contribution is 7.94. The predicted octanol–water partition coefficient (Wildman–Crippen LogP) is 1.84. The van der Waals surface area contributed by atoms with Gasteiger partial charge in [0.1, 0.15) is 12.4 Å². The fourth-order valence-corrected chi connectivity index (χ4v) is 2.65. The van der Waals surface area contributed by atoms with Crippen LogP contribution in [0, 0.1) is 0 Å². The Morgan fingerprint density at radius 1 is 1.05 bits per heavy atom. The van der Waals surface area contributed by atoms with Crippen molar-refractivity contribution in [2.75, 3.05) is 12.3 Å². The number of sulfonamides is 1. The molecule has 0 radical (unpaired) electrons. The van der Waals surface area contributed by atoms with Crippen molar-refractivity contribution in [2.45, 2.75) is 6.61 Å². The third-order valence-electron chi connectivity index (χ3n) is 2.71. The minimum atomic E-state index is -3.46. The van der Waals surface area contributed by atoms with Crippen molar-refractivity contribution in [3.05, 3.63) is 64.9 Å². The first-order valence-corrected chi connectivity index (χ1v) is 8.22. The van der Waals surface area contributed by atoms with Crippen molar-refractivity contribution < 1.29 is 18.9 Å². The second-order valence-corrected chi connectivity index (χ2v) is 6.26. The molecule has 0 fully saturated rings. The van der Waals surface area contributed by atoms with Crippen LogP contribution in [0.2, 0.25) is 0 Å². The van der Waals surface area contributed by atoms with E-state index in [4.69, 9.17) is 4.74 Å². The van der Waals surface area contributed by atoms with Gasteiger partial charge >= 0.3 is 0 Å². The van der Waals surface area contributed by atoms with Crippen LogP contribution < -0.4 is 10.5 Å². The number of hydrogen-bond acceptors (Lipinski definition) is 3. The van der Waals surface area contributed by atoms with Gasteiger partial charge in [0.05, 0.1) is 22.3 Å². The molecular formula is C15H18N2O3S. The van der Waals surface area contributed by atoms with E-state index in [1.807, 2.05) is 30.3 Å². The van der Waals surface area contributed by atoms with Gasteiger partial charge in [-0.25, -0.2) is 8.42 Å². The summed E-state index contributed by atoms with van der Waals surface area (Å²) >= 11 is 0. The van der Waals surface area contributed by atoms with Gasteiger partial charge in [0, 0.05) is 0 Å². The maximum absolute atomic E-state index is 11.6. The first kappa shape index (κ1) is 15.3. The number of ether oxygens (including phenoxy) is 1. The quantitative estimate of drug-likeness (QED) is 0.847. The van der Waals surface area contributed by atoms with Gasteiger partial charge in [0.15, 0.2) is 0 Å². The van der Waals surface area contributed by atoms with Gasteiger partial charge in [0.25, 0.3) is 0 Å². The van der Waals surface area contributed by atoms with Crippen LogP contribution in [-0.2, 0) is 16.6 Å². The maximum atomic E-state index is 11.6. The number of hydrogen-bond donors (Lipinski definition) is 1. The molecule has 2 aromatic carbocycles. The number of quaternary nitrogens is 1. The Bertz CT molecular complexity index is 672. The Morgan fingerprint density at radius 2 is 1.81 bits per heavy atom. The normalized spacial score (nSPS) is 11.1. The van der Waals surface area contributed by atoms with Crippen LogP contribution in [0.1, 0.15) is 5.56 Å². The van der Waals surface area contributed by atoms with E-state index in [2.05, 4.69) is 10.5 Å². The molecule has 0 amide bonds. The SMILES string of the molecule is [NH3+]CCS(=O)(=O)[N-]c1cccc(OCc2ccccc2)c1. The highest BCUT2D eigenvalue weighted by Gasteiger charge is 2.00. The molecule has 0 heterocycles. The molecule has 2 aromatic rings. The molecule has 3 N–H and O–H groups in total. The van der Waals surface area contributed by atoms with Crippen LogP contribution in [0.15, 0.2) is 54.6 Å². The van der Waals surface area contributed by atoms with Crippen molar-refractivity contribution in [3.63, 3.8) is 0 Å². The Labute approximate surface area is 124 Å². The first-order chi connectivity index (χ1) is 10.1. The molecule has 0 aliphatic rings. The standard InChI is InChI=1S/C15H17N2O3S/c16-9-10-21(18,19)17-14-7-4-8-15(11-14)20-12-13-5-2-1-3-6-13/h1-8,11H,9-10,12,16H2/q-1/p+1. The van der Waals surface area contributed by atoms with Gasteiger partial charge in [-0.15, -0.1) is 5.69 Å². The number of nitrogens with zero attached hydrogens (tertiary/aromatic N) is 1. The molecule has 0 atom stereocenters. The molecule has 0 unspecified atom stereocenters. The van der Waals surface area contributed by atoms with Crippen molar-refractivity contribution in [3.8, 4) is 5.75 Å². The average Bonchev–Trinajstić information content (AvgIpc) is 2.46. The molecule has 2 rings (SSSR count). The smallest absolute Gasteiger partial charge is 0.118 e. The van der Waals surface area contributed by atoms with E-state index in [1.54, 1.807) is 24.3 Å². The second kappa shape index (κ2) is 7.10. The molecule has 0 saturated heterocycles. The van der Waals surface area contributed by atoms with E-state index in [9.17, 15) is 8.42 Å². The Hall–Kier alpha value is -2.05. The molecule has 0 aliphatic carbocycles. The minimum Gasteiger partial charge on any atom is -0.577 e. The lowest BCUT2D eigenvalue weighted by molar-refractivity contribution is -0.360. The van der Waals surface area contributed by atoms with Crippen molar-refractivity contribution in [1.29, 1.82) is 0 Å². The molecule has 0 saturated carbocycles. The first-order valence-electron chi connectivity index (χ1n) is 6.61. The van der Waals surface area contributed by atoms with Crippen LogP contribution in [0.5, 0.6) is 5.75 Å². The molecule has 6 heteroatoms. The molecule has 112 valence electrons. The monoisotopic (exact) mass is 306 g/mol. The lowest BCUT2D eigenvalue weighted by Gasteiger charge is -2.21. The molecule has 0 aliphatic heterocycles. The summed E-state index contributed by atoms with van der Waals surface area (Å²) in [5, 5.41) is 0. The van der Waals surface area contributed by atoms with E-state index < -0.39 is 10.0 Å². The molecule has 5 nitrogen and oxygen atoms in total. The van der Waals surface area contributed by atoms with Crippen LogP contribution in [0.3, 0.4) is 0 Å². The Morgan fingerprint density at radius 3 is 2.52 bits per heavy atom. The molecule has 0 aromatic heterocycles. The van der Waals surface area contributed by atoms with Crippen molar-refractivity contribution in [1.82, 2.24) is 0 Å². The summed E-state index contributed by atoms with van der Waals surface area (Å²) in [7, 11) is -3.46. The van der Waals surface area contributed by atoms with Crippen LogP contribution >= 0.6 is 0 Å². The zero-order valence-electron chi connectivity index (χ0n) is 11.6. The van der Waals surface area contributed by atoms with Crippen LogP contribution in [0.4, 0.5) is 5.69 Å². The predicted molar refractivity (Wildman–Crippen MR) is 81.8 cm³/mol. The Balaban J connectivity index is 2.01. The third-order valence-corrected chi connectivity index (χ3v) is 4.01. The maximum Gasteiger partial charge on any atom is 0.118 e. The molecule has 0 bridgehead atoms. The third kappa shape index (κ3) is 5.09. The summed E-state index contributed by atoms with van der Waals surface area (Å²) in [5.41, 5.74) is 4.94. The van der Waals surface area contributed by atoms with Crippen LogP contribution in [0.25, 0.3) is 4.72 Å². The van der Waals surface area contributed by atoms with E-state index in [0.29, 0.717) is 24.6 Å². The minimum absolute atomic E-state index is 0.0535. The Kier molecular flexibility index (Phi) is 5.19. The fraction of sp³-hybridized carbons (Fsp3) is 0.200. The molecule has 0 spiro atoms. The van der Waals surface area contributed by atoms with Crippen molar-refractivity contribution >= 4 is 15.7 Å². The van der Waals surface area contributed by atoms with Gasteiger partial charge in [-0.3, -0.25) is 0 Å². The lowest BCUT2D eigenvalue weighted by atomic mass is 10.2. The van der Waals surface area contributed by atoms with Gasteiger partial charge < -0.3 is 15.2 Å². The summed E-state index contributed by atoms with van der Waals surface area (Å²) in [4.78, 5) is 0. The van der Waals surface area contributed by atoms with Gasteiger partial charge in [-0.2, -0.15) is 0 Å². The van der Waals surface area contributed by atoms with E-state index in [1.165, 1.54) is 0 Å². The van der Waals surface area contributed by atoms with E-state index in [-0.39, 0.29) is 5.75 Å². The highest BCUT2D eigenvalue weighted by atomic mass is 32.2. The summed E-state index contributed by atoms with van der Waals surface area (Å²) in [6.45, 7) is 0.728. The van der Waals surface area contributed by atoms with Gasteiger partial charge in [-0.1, -0.05) is 42.5 Å².